The summed E-state index contributed by atoms with van der Waals surface area (Å²) in [6.07, 6.45) is 3.49. The number of nitrogens with zero attached hydrogens (tertiary/aromatic N) is 3. The third-order valence-corrected chi connectivity index (χ3v) is 4.13. The number of benzene rings is 1. The lowest BCUT2D eigenvalue weighted by Crippen LogP contribution is -2.05. The van der Waals surface area contributed by atoms with Gasteiger partial charge in [-0.15, -0.1) is 0 Å². The molecule has 0 fully saturated rings. The van der Waals surface area contributed by atoms with Gasteiger partial charge >= 0.3 is 0 Å². The van der Waals surface area contributed by atoms with Crippen LogP contribution in [-0.2, 0) is 4.79 Å². The van der Waals surface area contributed by atoms with Crippen LogP contribution in [0.3, 0.4) is 0 Å². The highest BCUT2D eigenvalue weighted by atomic mass is 32.1. The third-order valence-electron chi connectivity index (χ3n) is 3.09. The number of carbonyl (C=O) groups is 1. The van der Waals surface area contributed by atoms with Crippen molar-refractivity contribution in [3.63, 3.8) is 0 Å². The third kappa shape index (κ3) is 3.85. The molecule has 2 aromatic heterocycles. The number of aromatic nitrogens is 3. The molecule has 3 aromatic rings. The van der Waals surface area contributed by atoms with Gasteiger partial charge in [-0.1, -0.05) is 11.3 Å². The number of nitrogens with one attached hydrogen (secondary N) is 3. The summed E-state index contributed by atoms with van der Waals surface area (Å²) in [5.41, 5.74) is 2.38. The van der Waals surface area contributed by atoms with Gasteiger partial charge in [0.1, 0.15) is 0 Å². The van der Waals surface area contributed by atoms with E-state index in [-0.39, 0.29) is 5.91 Å². The molecule has 3 rings (SSSR count). The van der Waals surface area contributed by atoms with E-state index < -0.39 is 0 Å². The van der Waals surface area contributed by atoms with Crippen LogP contribution in [0.4, 0.5) is 22.5 Å². The van der Waals surface area contributed by atoms with Crippen molar-refractivity contribution in [1.29, 1.82) is 0 Å². The Morgan fingerprint density at radius 1 is 1.08 bits per heavy atom. The van der Waals surface area contributed by atoms with Gasteiger partial charge in [0.05, 0.1) is 10.6 Å². The van der Waals surface area contributed by atoms with Crippen LogP contribution >= 0.6 is 11.3 Å². The highest BCUT2D eigenvalue weighted by molar-refractivity contribution is 7.18. The number of anilines is 4. The summed E-state index contributed by atoms with van der Waals surface area (Å²) in [6, 6.07) is 9.18. The fourth-order valence-corrected chi connectivity index (χ4v) is 2.77. The molecule has 8 heteroatoms. The molecule has 24 heavy (non-hydrogen) atoms. The molecule has 7 nitrogen and oxygen atoms in total. The molecule has 0 aliphatic heterocycles. The van der Waals surface area contributed by atoms with Gasteiger partial charge in [0, 0.05) is 37.7 Å². The molecule has 122 valence electrons. The van der Waals surface area contributed by atoms with Crippen molar-refractivity contribution in [3.8, 4) is 10.6 Å². The minimum absolute atomic E-state index is 0.0998. The number of rotatable bonds is 5. The van der Waals surface area contributed by atoms with Crippen LogP contribution in [0.2, 0.25) is 0 Å². The Morgan fingerprint density at radius 3 is 2.50 bits per heavy atom. The van der Waals surface area contributed by atoms with E-state index >= 15 is 0 Å². The lowest BCUT2D eigenvalue weighted by Gasteiger charge is -2.07. The zero-order valence-electron chi connectivity index (χ0n) is 13.2. The van der Waals surface area contributed by atoms with Crippen LogP contribution in [0, 0.1) is 0 Å². The summed E-state index contributed by atoms with van der Waals surface area (Å²) in [5, 5.41) is 9.72. The van der Waals surface area contributed by atoms with Crippen LogP contribution in [0.5, 0.6) is 0 Å². The summed E-state index contributed by atoms with van der Waals surface area (Å²) in [5.74, 6) is 0.399. The van der Waals surface area contributed by atoms with Crippen LogP contribution < -0.4 is 16.0 Å². The highest BCUT2D eigenvalue weighted by Gasteiger charge is 2.07. The van der Waals surface area contributed by atoms with E-state index in [0.717, 1.165) is 27.1 Å². The molecule has 0 aliphatic rings. The molecular weight excluding hydrogens is 324 g/mol. The van der Waals surface area contributed by atoms with E-state index in [0.29, 0.717) is 5.95 Å². The molecule has 2 heterocycles. The molecule has 0 bridgehead atoms. The molecule has 1 amide bonds. The van der Waals surface area contributed by atoms with Crippen LogP contribution in [0.25, 0.3) is 10.6 Å². The molecule has 3 N–H and O–H groups in total. The van der Waals surface area contributed by atoms with Crippen molar-refractivity contribution in [1.82, 2.24) is 15.0 Å². The monoisotopic (exact) mass is 340 g/mol. The maximum absolute atomic E-state index is 11.0. The van der Waals surface area contributed by atoms with Gasteiger partial charge in [0.15, 0.2) is 5.13 Å². The maximum Gasteiger partial charge on any atom is 0.227 e. The lowest BCUT2D eigenvalue weighted by molar-refractivity contribution is -0.114. The van der Waals surface area contributed by atoms with E-state index in [1.165, 1.54) is 18.3 Å². The van der Waals surface area contributed by atoms with Gasteiger partial charge in [-0.05, 0) is 30.3 Å². The Balaban J connectivity index is 1.75. The van der Waals surface area contributed by atoms with Crippen molar-refractivity contribution < 1.29 is 4.79 Å². The molecular formula is C16H16N6OS. The van der Waals surface area contributed by atoms with E-state index in [2.05, 4.69) is 30.9 Å². The van der Waals surface area contributed by atoms with Crippen molar-refractivity contribution in [2.24, 2.45) is 0 Å². The number of hydrogen-bond donors (Lipinski definition) is 3. The fraction of sp³-hybridized carbons (Fsp3) is 0.125. The minimum Gasteiger partial charge on any atom is -0.365 e. The minimum atomic E-state index is -0.0998. The van der Waals surface area contributed by atoms with Gasteiger partial charge in [0.25, 0.3) is 0 Å². The first kappa shape index (κ1) is 15.9. The largest absolute Gasteiger partial charge is 0.365 e. The van der Waals surface area contributed by atoms with Crippen LogP contribution in [0.1, 0.15) is 6.92 Å². The molecule has 0 radical (unpaired) electrons. The second kappa shape index (κ2) is 7.05. The molecule has 0 saturated heterocycles. The first-order chi connectivity index (χ1) is 11.6. The first-order valence-corrected chi connectivity index (χ1v) is 8.07. The molecule has 0 atom stereocenters. The predicted molar refractivity (Wildman–Crippen MR) is 96.7 cm³/mol. The number of thiazole rings is 1. The lowest BCUT2D eigenvalue weighted by atomic mass is 10.3. The van der Waals surface area contributed by atoms with Gasteiger partial charge in [-0.3, -0.25) is 4.79 Å². The topological polar surface area (TPSA) is 91.8 Å². The van der Waals surface area contributed by atoms with Gasteiger partial charge in [-0.2, -0.15) is 0 Å². The normalized spacial score (nSPS) is 10.2. The fourth-order valence-electron chi connectivity index (χ4n) is 2.03. The first-order valence-electron chi connectivity index (χ1n) is 7.26. The Hall–Kier alpha value is -3.00. The van der Waals surface area contributed by atoms with Gasteiger partial charge < -0.3 is 16.0 Å². The smallest absolute Gasteiger partial charge is 0.227 e. The number of carbonyl (C=O) groups excluding carboxylic acids is 1. The van der Waals surface area contributed by atoms with E-state index in [9.17, 15) is 4.79 Å². The van der Waals surface area contributed by atoms with E-state index in [1.54, 1.807) is 12.4 Å². The number of amides is 1. The molecule has 1 aromatic carbocycles. The Morgan fingerprint density at radius 2 is 1.83 bits per heavy atom. The van der Waals surface area contributed by atoms with Crippen molar-refractivity contribution in [2.75, 3.05) is 23.0 Å². The van der Waals surface area contributed by atoms with Crippen LogP contribution in [0.15, 0.2) is 42.7 Å². The van der Waals surface area contributed by atoms with E-state index in [1.807, 2.05) is 37.4 Å². The van der Waals surface area contributed by atoms with Crippen molar-refractivity contribution in [2.45, 2.75) is 6.92 Å². The quantitative estimate of drug-likeness (QED) is 0.660. The van der Waals surface area contributed by atoms with Crippen molar-refractivity contribution >= 4 is 39.7 Å². The summed E-state index contributed by atoms with van der Waals surface area (Å²) in [6.45, 7) is 1.48. The summed E-state index contributed by atoms with van der Waals surface area (Å²) in [4.78, 5) is 25.0. The second-order valence-corrected chi connectivity index (χ2v) is 5.96. The molecule has 0 spiro atoms. The number of hydrogen-bond acceptors (Lipinski definition) is 7. The maximum atomic E-state index is 11.0. The van der Waals surface area contributed by atoms with Gasteiger partial charge in [0.2, 0.25) is 11.9 Å². The Kier molecular flexibility index (Phi) is 4.66. The molecule has 0 unspecified atom stereocenters. The summed E-state index contributed by atoms with van der Waals surface area (Å²) in [7, 11) is 1.83. The Bertz CT molecular complexity index is 846. The molecule has 0 aliphatic carbocycles. The highest BCUT2D eigenvalue weighted by Crippen LogP contribution is 2.28. The average Bonchev–Trinajstić information content (AvgIpc) is 3.06. The van der Waals surface area contributed by atoms with E-state index in [4.69, 9.17) is 0 Å². The standard InChI is InChI=1S/C16H16N6OS/c1-10(23)20-11-3-5-12(6-4-11)21-15-18-8-7-13(22-15)14-9-19-16(17-2)24-14/h3-9H,1-2H3,(H,17,19)(H,20,23)(H,18,21,22). The second-order valence-electron chi connectivity index (χ2n) is 4.93. The zero-order chi connectivity index (χ0) is 16.9. The van der Waals surface area contributed by atoms with Crippen molar-refractivity contribution in [3.05, 3.63) is 42.7 Å². The molecule has 0 saturated carbocycles. The predicted octanol–water partition coefficient (Wildman–Crippen LogP) is 3.34. The summed E-state index contributed by atoms with van der Waals surface area (Å²) >= 11 is 1.53. The average molecular weight is 340 g/mol. The van der Waals surface area contributed by atoms with Crippen LogP contribution in [-0.4, -0.2) is 27.9 Å². The van der Waals surface area contributed by atoms with Gasteiger partial charge in [-0.25, -0.2) is 15.0 Å². The zero-order valence-corrected chi connectivity index (χ0v) is 14.0. The Labute approximate surface area is 143 Å². The SMILES string of the molecule is CNc1ncc(-c2ccnc(Nc3ccc(NC(C)=O)cc3)n2)s1. The summed E-state index contributed by atoms with van der Waals surface area (Å²) < 4.78 is 0.